The minimum Gasteiger partial charge on any atom is -0.480 e. The van der Waals surface area contributed by atoms with Gasteiger partial charge in [0.15, 0.2) is 0 Å². The molecule has 21 heavy (non-hydrogen) atoms. The largest absolute Gasteiger partial charge is 0.480 e. The third-order valence-electron chi connectivity index (χ3n) is 2.53. The van der Waals surface area contributed by atoms with Crippen molar-refractivity contribution in [3.05, 3.63) is 56.6 Å². The Labute approximate surface area is 127 Å². The zero-order valence-electron chi connectivity index (χ0n) is 10.5. The fourth-order valence-electron chi connectivity index (χ4n) is 1.62. The normalized spacial score (nSPS) is 10.2. The Kier molecular flexibility index (Phi) is 4.66. The van der Waals surface area contributed by atoms with E-state index in [0.29, 0.717) is 11.4 Å². The summed E-state index contributed by atoms with van der Waals surface area (Å²) in [5, 5.41) is 10.9. The Bertz CT molecular complexity index is 684. The number of ether oxygens (including phenoxy) is 1. The smallest absolute Gasteiger partial charge is 0.315 e. The van der Waals surface area contributed by atoms with Crippen molar-refractivity contribution in [1.29, 1.82) is 0 Å². The Morgan fingerprint density at radius 2 is 2.24 bits per heavy atom. The van der Waals surface area contributed by atoms with Gasteiger partial charge in [-0.05, 0) is 34.1 Å². The first-order valence-electron chi connectivity index (χ1n) is 5.69. The fraction of sp³-hybridized carbons (Fsp3) is 0.0833. The summed E-state index contributed by atoms with van der Waals surface area (Å²) in [6.45, 7) is -0.0272. The van der Waals surface area contributed by atoms with Gasteiger partial charge in [-0.25, -0.2) is 4.39 Å². The second kappa shape index (κ2) is 6.46. The molecular weight excluding hydrogens is 347 g/mol. The predicted molar refractivity (Wildman–Crippen MR) is 77.1 cm³/mol. The minimum absolute atomic E-state index is 0.0272. The molecule has 0 aliphatic carbocycles. The Hall–Kier alpha value is -2.26. The Balaban J connectivity index is 2.25. The summed E-state index contributed by atoms with van der Waals surface area (Å²) in [5.41, 5.74) is 3.12. The molecule has 0 bridgehead atoms. The van der Waals surface area contributed by atoms with Gasteiger partial charge in [0.1, 0.15) is 12.4 Å². The van der Waals surface area contributed by atoms with E-state index >= 15 is 0 Å². The van der Waals surface area contributed by atoms with E-state index < -0.39 is 16.4 Å². The van der Waals surface area contributed by atoms with Gasteiger partial charge < -0.3 is 10.2 Å². The van der Waals surface area contributed by atoms with E-state index in [1.165, 1.54) is 6.20 Å². The average Bonchev–Trinajstić information content (AvgIpc) is 2.45. The molecule has 2 aromatic rings. The van der Waals surface area contributed by atoms with E-state index in [9.17, 15) is 14.5 Å². The first kappa shape index (κ1) is 15.1. The molecule has 0 unspecified atom stereocenters. The lowest BCUT2D eigenvalue weighted by molar-refractivity contribution is -0.386. The number of anilines is 1. The average molecular weight is 357 g/mol. The molecule has 1 aromatic carbocycles. The molecular formula is C12H10BrFN4O3. The van der Waals surface area contributed by atoms with Gasteiger partial charge in [0, 0.05) is 6.20 Å². The van der Waals surface area contributed by atoms with Crippen molar-refractivity contribution < 1.29 is 14.1 Å². The van der Waals surface area contributed by atoms with Gasteiger partial charge in [0.25, 0.3) is 0 Å². The van der Waals surface area contributed by atoms with Crippen LogP contribution in [0.3, 0.4) is 0 Å². The monoisotopic (exact) mass is 356 g/mol. The number of aromatic nitrogens is 1. The van der Waals surface area contributed by atoms with Crippen molar-refractivity contribution in [1.82, 2.24) is 4.98 Å². The fourth-order valence-corrected chi connectivity index (χ4v) is 2.15. The SMILES string of the molecule is NNc1ccnc(COc2c(Br)cc(F)cc2[N+](=O)[O-])c1. The Morgan fingerprint density at radius 3 is 2.90 bits per heavy atom. The van der Waals surface area contributed by atoms with Gasteiger partial charge in [-0.2, -0.15) is 0 Å². The summed E-state index contributed by atoms with van der Waals surface area (Å²) in [6.07, 6.45) is 1.52. The van der Waals surface area contributed by atoms with Gasteiger partial charge >= 0.3 is 5.69 Å². The van der Waals surface area contributed by atoms with Gasteiger partial charge in [0.05, 0.1) is 26.8 Å². The number of hydrogen-bond donors (Lipinski definition) is 2. The van der Waals surface area contributed by atoms with Crippen molar-refractivity contribution >= 4 is 27.3 Å². The third kappa shape index (κ3) is 3.64. The number of nitro benzene ring substituents is 1. The molecule has 0 amide bonds. The van der Waals surface area contributed by atoms with E-state index in [1.54, 1.807) is 12.1 Å². The topological polar surface area (TPSA) is 103 Å². The van der Waals surface area contributed by atoms with Gasteiger partial charge in [0.2, 0.25) is 5.75 Å². The highest BCUT2D eigenvalue weighted by atomic mass is 79.9. The maximum atomic E-state index is 13.2. The molecule has 0 aliphatic rings. The second-order valence-corrected chi connectivity index (χ2v) is 4.82. The first-order chi connectivity index (χ1) is 10.0. The molecule has 1 heterocycles. The Morgan fingerprint density at radius 1 is 1.48 bits per heavy atom. The first-order valence-corrected chi connectivity index (χ1v) is 6.48. The summed E-state index contributed by atoms with van der Waals surface area (Å²) >= 11 is 3.05. The van der Waals surface area contributed by atoms with Crippen LogP contribution in [0.5, 0.6) is 5.75 Å². The zero-order chi connectivity index (χ0) is 15.4. The number of pyridine rings is 1. The van der Waals surface area contributed by atoms with Crippen molar-refractivity contribution in [2.45, 2.75) is 6.61 Å². The molecule has 0 spiro atoms. The van der Waals surface area contributed by atoms with Crippen LogP contribution in [0.1, 0.15) is 5.69 Å². The predicted octanol–water partition coefficient (Wildman–Crippen LogP) is 2.76. The standard InChI is InChI=1S/C12H10BrFN4O3/c13-10-3-7(14)4-11(18(19)20)12(10)21-6-9-5-8(17-15)1-2-16-9/h1-5H,6,15H2,(H,16,17). The van der Waals surface area contributed by atoms with Crippen molar-refractivity contribution in [2.24, 2.45) is 5.84 Å². The van der Waals surface area contributed by atoms with Crippen LogP contribution in [-0.2, 0) is 6.61 Å². The summed E-state index contributed by atoms with van der Waals surface area (Å²) < 4.78 is 18.7. The van der Waals surface area contributed by atoms with E-state index in [0.717, 1.165) is 12.1 Å². The number of rotatable bonds is 5. The molecule has 1 aromatic heterocycles. The van der Waals surface area contributed by atoms with Gasteiger partial charge in [-0.15, -0.1) is 0 Å². The number of nitrogen functional groups attached to an aromatic ring is 1. The number of nitro groups is 1. The maximum Gasteiger partial charge on any atom is 0.315 e. The van der Waals surface area contributed by atoms with E-state index in [-0.39, 0.29) is 16.8 Å². The molecule has 110 valence electrons. The van der Waals surface area contributed by atoms with Crippen LogP contribution < -0.4 is 16.0 Å². The minimum atomic E-state index is -0.728. The molecule has 0 saturated carbocycles. The van der Waals surface area contributed by atoms with Gasteiger partial charge in [-0.3, -0.25) is 20.9 Å². The van der Waals surface area contributed by atoms with Crippen molar-refractivity contribution in [3.63, 3.8) is 0 Å². The molecule has 0 fully saturated rings. The number of benzene rings is 1. The van der Waals surface area contributed by atoms with Crippen LogP contribution in [0.25, 0.3) is 0 Å². The molecule has 0 atom stereocenters. The van der Waals surface area contributed by atoms with Crippen LogP contribution in [0.2, 0.25) is 0 Å². The van der Waals surface area contributed by atoms with Gasteiger partial charge in [-0.1, -0.05) is 0 Å². The van der Waals surface area contributed by atoms with Crippen LogP contribution in [0, 0.1) is 15.9 Å². The highest BCUT2D eigenvalue weighted by molar-refractivity contribution is 9.10. The lowest BCUT2D eigenvalue weighted by Crippen LogP contribution is -2.08. The lowest BCUT2D eigenvalue weighted by atomic mass is 10.3. The number of halogens is 2. The molecule has 7 nitrogen and oxygen atoms in total. The quantitative estimate of drug-likeness (QED) is 0.485. The number of hydrogen-bond acceptors (Lipinski definition) is 6. The summed E-state index contributed by atoms with van der Waals surface area (Å²) in [4.78, 5) is 14.3. The highest BCUT2D eigenvalue weighted by Gasteiger charge is 2.20. The van der Waals surface area contributed by atoms with Crippen LogP contribution >= 0.6 is 15.9 Å². The third-order valence-corrected chi connectivity index (χ3v) is 3.12. The summed E-state index contributed by atoms with van der Waals surface area (Å²) in [5.74, 6) is 4.48. The lowest BCUT2D eigenvalue weighted by Gasteiger charge is -2.09. The molecule has 0 aliphatic heterocycles. The van der Waals surface area contributed by atoms with E-state index in [2.05, 4.69) is 26.3 Å². The molecule has 0 radical (unpaired) electrons. The number of hydrazine groups is 1. The summed E-state index contributed by atoms with van der Waals surface area (Å²) in [6, 6.07) is 5.17. The number of nitrogens with one attached hydrogen (secondary N) is 1. The van der Waals surface area contributed by atoms with Crippen LogP contribution in [0.4, 0.5) is 15.8 Å². The number of nitrogens with zero attached hydrogens (tertiary/aromatic N) is 2. The number of nitrogens with two attached hydrogens (primary N) is 1. The molecule has 9 heteroatoms. The van der Waals surface area contributed by atoms with E-state index in [1.807, 2.05) is 0 Å². The zero-order valence-corrected chi connectivity index (χ0v) is 12.1. The van der Waals surface area contributed by atoms with Crippen LogP contribution in [-0.4, -0.2) is 9.91 Å². The van der Waals surface area contributed by atoms with Crippen molar-refractivity contribution in [2.75, 3.05) is 5.43 Å². The van der Waals surface area contributed by atoms with Crippen LogP contribution in [0.15, 0.2) is 34.9 Å². The summed E-state index contributed by atoms with van der Waals surface area (Å²) in [7, 11) is 0. The van der Waals surface area contributed by atoms with Crippen molar-refractivity contribution in [3.8, 4) is 5.75 Å². The second-order valence-electron chi connectivity index (χ2n) is 3.96. The maximum absolute atomic E-state index is 13.2. The highest BCUT2D eigenvalue weighted by Crippen LogP contribution is 2.36. The molecule has 0 saturated heterocycles. The molecule has 3 N–H and O–H groups in total. The van der Waals surface area contributed by atoms with E-state index in [4.69, 9.17) is 10.6 Å². The molecule has 2 rings (SSSR count).